The van der Waals surface area contributed by atoms with Crippen molar-refractivity contribution in [3.8, 4) is 0 Å². The third-order valence-electron chi connectivity index (χ3n) is 4.54. The molecule has 1 aliphatic rings. The summed E-state index contributed by atoms with van der Waals surface area (Å²) in [5, 5.41) is 3.48. The van der Waals surface area contributed by atoms with E-state index in [4.69, 9.17) is 11.6 Å². The standard InChI is InChI=1S/C20H21ClN2O2/c1-14-7-8-17(12-18(14)21)22-20(25)16-11-19(24)23(13-16)10-9-15-5-3-2-4-6-15/h2-8,12,16H,9-11,13H2,1H3,(H,22,25)/t16-/m1/s1. The first-order chi connectivity index (χ1) is 12.0. The van der Waals surface area contributed by atoms with Crippen LogP contribution in [0.3, 0.4) is 0 Å². The van der Waals surface area contributed by atoms with Gasteiger partial charge in [0.1, 0.15) is 0 Å². The number of amides is 2. The van der Waals surface area contributed by atoms with Gasteiger partial charge in [0, 0.05) is 30.2 Å². The summed E-state index contributed by atoms with van der Waals surface area (Å²) >= 11 is 6.09. The highest BCUT2D eigenvalue weighted by Gasteiger charge is 2.34. The minimum absolute atomic E-state index is 0.0398. The van der Waals surface area contributed by atoms with Crippen LogP contribution in [0.2, 0.25) is 5.02 Å². The number of halogens is 1. The summed E-state index contributed by atoms with van der Waals surface area (Å²) in [6.45, 7) is 3.02. The lowest BCUT2D eigenvalue weighted by molar-refractivity contribution is -0.128. The molecule has 1 fully saturated rings. The second-order valence-corrected chi connectivity index (χ2v) is 6.84. The highest BCUT2D eigenvalue weighted by atomic mass is 35.5. The Bertz CT molecular complexity index is 777. The second-order valence-electron chi connectivity index (χ2n) is 6.43. The average Bonchev–Trinajstić information content (AvgIpc) is 2.98. The van der Waals surface area contributed by atoms with Crippen LogP contribution < -0.4 is 5.32 Å². The third-order valence-corrected chi connectivity index (χ3v) is 4.95. The van der Waals surface area contributed by atoms with E-state index in [0.717, 1.165) is 12.0 Å². The van der Waals surface area contributed by atoms with Crippen LogP contribution in [0.5, 0.6) is 0 Å². The molecular weight excluding hydrogens is 336 g/mol. The molecule has 0 radical (unpaired) electrons. The molecule has 5 heteroatoms. The molecule has 3 rings (SSSR count). The molecule has 0 bridgehead atoms. The number of aryl methyl sites for hydroxylation is 1. The van der Waals surface area contributed by atoms with E-state index in [9.17, 15) is 9.59 Å². The summed E-state index contributed by atoms with van der Waals surface area (Å²) in [4.78, 5) is 26.4. The van der Waals surface area contributed by atoms with Crippen LogP contribution in [-0.4, -0.2) is 29.8 Å². The van der Waals surface area contributed by atoms with Gasteiger partial charge in [-0.3, -0.25) is 9.59 Å². The van der Waals surface area contributed by atoms with Gasteiger partial charge in [-0.05, 0) is 36.6 Å². The summed E-state index contributed by atoms with van der Waals surface area (Å²) in [5.74, 6) is -0.406. The molecule has 0 unspecified atom stereocenters. The minimum atomic E-state index is -0.316. The maximum atomic E-state index is 12.4. The molecular formula is C20H21ClN2O2. The number of nitrogens with zero attached hydrogens (tertiary/aromatic N) is 1. The monoisotopic (exact) mass is 356 g/mol. The smallest absolute Gasteiger partial charge is 0.229 e. The fraction of sp³-hybridized carbons (Fsp3) is 0.300. The van der Waals surface area contributed by atoms with Crippen molar-refractivity contribution < 1.29 is 9.59 Å². The normalized spacial score (nSPS) is 17.0. The summed E-state index contributed by atoms with van der Waals surface area (Å²) in [6, 6.07) is 15.5. The van der Waals surface area contributed by atoms with E-state index in [1.165, 1.54) is 5.56 Å². The first-order valence-electron chi connectivity index (χ1n) is 8.41. The lowest BCUT2D eigenvalue weighted by atomic mass is 10.1. The Labute approximate surface area is 152 Å². The summed E-state index contributed by atoms with van der Waals surface area (Å²) in [7, 11) is 0. The SMILES string of the molecule is Cc1ccc(NC(=O)[C@@H]2CC(=O)N(CCc3ccccc3)C2)cc1Cl. The summed E-state index contributed by atoms with van der Waals surface area (Å²) in [6.07, 6.45) is 1.06. The Morgan fingerprint density at radius 2 is 2.00 bits per heavy atom. The molecule has 25 heavy (non-hydrogen) atoms. The second kappa shape index (κ2) is 7.70. The zero-order valence-electron chi connectivity index (χ0n) is 14.2. The molecule has 1 saturated heterocycles. The molecule has 2 aromatic rings. The van der Waals surface area contributed by atoms with Crippen LogP contribution in [0.1, 0.15) is 17.5 Å². The van der Waals surface area contributed by atoms with Crippen LogP contribution in [0.25, 0.3) is 0 Å². The molecule has 0 spiro atoms. The van der Waals surface area contributed by atoms with Crippen molar-refractivity contribution in [1.82, 2.24) is 4.90 Å². The Morgan fingerprint density at radius 3 is 2.72 bits per heavy atom. The number of likely N-dealkylation sites (tertiary alicyclic amines) is 1. The first-order valence-corrected chi connectivity index (χ1v) is 8.79. The van der Waals surface area contributed by atoms with Crippen LogP contribution in [0.15, 0.2) is 48.5 Å². The number of hydrogen-bond donors (Lipinski definition) is 1. The highest BCUT2D eigenvalue weighted by molar-refractivity contribution is 6.31. The molecule has 1 N–H and O–H groups in total. The Kier molecular flexibility index (Phi) is 5.39. The Morgan fingerprint density at radius 1 is 1.24 bits per heavy atom. The van der Waals surface area contributed by atoms with Crippen LogP contribution >= 0.6 is 11.6 Å². The van der Waals surface area contributed by atoms with E-state index in [1.54, 1.807) is 11.0 Å². The topological polar surface area (TPSA) is 49.4 Å². The van der Waals surface area contributed by atoms with Crippen molar-refractivity contribution in [3.63, 3.8) is 0 Å². The zero-order valence-corrected chi connectivity index (χ0v) is 14.9. The zero-order chi connectivity index (χ0) is 17.8. The fourth-order valence-corrected chi connectivity index (χ4v) is 3.17. The lowest BCUT2D eigenvalue weighted by Crippen LogP contribution is -2.30. The average molecular weight is 357 g/mol. The van der Waals surface area contributed by atoms with E-state index < -0.39 is 0 Å². The van der Waals surface area contributed by atoms with Crippen molar-refractivity contribution in [2.75, 3.05) is 18.4 Å². The van der Waals surface area contributed by atoms with Crippen LogP contribution in [0.4, 0.5) is 5.69 Å². The summed E-state index contributed by atoms with van der Waals surface area (Å²) < 4.78 is 0. The quantitative estimate of drug-likeness (QED) is 0.888. The molecule has 0 saturated carbocycles. The first kappa shape index (κ1) is 17.5. The molecule has 1 heterocycles. The molecule has 0 aliphatic carbocycles. The number of carbonyl (C=O) groups is 2. The third kappa shape index (κ3) is 4.40. The van der Waals surface area contributed by atoms with E-state index in [0.29, 0.717) is 23.8 Å². The Hall–Kier alpha value is -2.33. The molecule has 1 aliphatic heterocycles. The van der Waals surface area contributed by atoms with Crippen molar-refractivity contribution in [3.05, 3.63) is 64.7 Å². The van der Waals surface area contributed by atoms with Gasteiger partial charge in [-0.15, -0.1) is 0 Å². The van der Waals surface area contributed by atoms with Gasteiger partial charge < -0.3 is 10.2 Å². The molecule has 4 nitrogen and oxygen atoms in total. The number of rotatable bonds is 5. The predicted octanol–water partition coefficient (Wildman–Crippen LogP) is 3.68. The van der Waals surface area contributed by atoms with Gasteiger partial charge in [-0.25, -0.2) is 0 Å². The Balaban J connectivity index is 1.56. The van der Waals surface area contributed by atoms with Gasteiger partial charge in [0.15, 0.2) is 0 Å². The van der Waals surface area contributed by atoms with Gasteiger partial charge in [0.2, 0.25) is 11.8 Å². The van der Waals surface area contributed by atoms with Gasteiger partial charge in [-0.2, -0.15) is 0 Å². The van der Waals surface area contributed by atoms with Crippen molar-refractivity contribution in [1.29, 1.82) is 0 Å². The van der Waals surface area contributed by atoms with E-state index in [1.807, 2.05) is 49.4 Å². The van der Waals surface area contributed by atoms with Crippen molar-refractivity contribution >= 4 is 29.1 Å². The maximum Gasteiger partial charge on any atom is 0.229 e. The molecule has 2 amide bonds. The highest BCUT2D eigenvalue weighted by Crippen LogP contribution is 2.23. The number of anilines is 1. The minimum Gasteiger partial charge on any atom is -0.342 e. The van der Waals surface area contributed by atoms with Gasteiger partial charge in [-0.1, -0.05) is 48.0 Å². The van der Waals surface area contributed by atoms with Crippen LogP contribution in [-0.2, 0) is 16.0 Å². The summed E-state index contributed by atoms with van der Waals surface area (Å²) in [5.41, 5.74) is 2.82. The number of hydrogen-bond acceptors (Lipinski definition) is 2. The lowest BCUT2D eigenvalue weighted by Gasteiger charge is -2.16. The number of carbonyl (C=O) groups excluding carboxylic acids is 2. The molecule has 2 aromatic carbocycles. The molecule has 0 aromatic heterocycles. The molecule has 1 atom stereocenters. The number of nitrogens with one attached hydrogen (secondary N) is 1. The maximum absolute atomic E-state index is 12.4. The van der Waals surface area contributed by atoms with Crippen molar-refractivity contribution in [2.45, 2.75) is 19.8 Å². The largest absolute Gasteiger partial charge is 0.342 e. The van der Waals surface area contributed by atoms with Gasteiger partial charge >= 0.3 is 0 Å². The molecule has 130 valence electrons. The van der Waals surface area contributed by atoms with E-state index in [-0.39, 0.29) is 24.2 Å². The predicted molar refractivity (Wildman–Crippen MR) is 99.7 cm³/mol. The van der Waals surface area contributed by atoms with E-state index in [2.05, 4.69) is 5.32 Å². The number of benzene rings is 2. The van der Waals surface area contributed by atoms with Crippen LogP contribution in [0, 0.1) is 12.8 Å². The fourth-order valence-electron chi connectivity index (χ4n) is 2.99. The van der Waals surface area contributed by atoms with Crippen molar-refractivity contribution in [2.24, 2.45) is 5.92 Å². The van der Waals surface area contributed by atoms with E-state index >= 15 is 0 Å². The van der Waals surface area contributed by atoms with Gasteiger partial charge in [0.05, 0.1) is 5.92 Å². The van der Waals surface area contributed by atoms with Gasteiger partial charge in [0.25, 0.3) is 0 Å².